The zero-order valence-electron chi connectivity index (χ0n) is 20.7. The van der Waals surface area contributed by atoms with Crippen LogP contribution in [0.2, 0.25) is 0 Å². The molecule has 35 heavy (non-hydrogen) atoms. The van der Waals surface area contributed by atoms with Crippen molar-refractivity contribution in [1.82, 2.24) is 10.2 Å². The van der Waals surface area contributed by atoms with Gasteiger partial charge in [-0.1, -0.05) is 61.5 Å². The van der Waals surface area contributed by atoms with Gasteiger partial charge in [-0.25, -0.2) is 0 Å². The SMILES string of the molecule is CCCC(=O)N(Cc1ccc(OC)cc1)C(C(=O)NCCc1ccc(OC)cc1)c1ccccc1. The van der Waals surface area contributed by atoms with Crippen molar-refractivity contribution in [1.29, 1.82) is 0 Å². The van der Waals surface area contributed by atoms with E-state index in [1.165, 1.54) is 0 Å². The van der Waals surface area contributed by atoms with Gasteiger partial charge in [0.25, 0.3) is 0 Å². The monoisotopic (exact) mass is 474 g/mol. The van der Waals surface area contributed by atoms with Crippen LogP contribution in [0.5, 0.6) is 11.5 Å². The van der Waals surface area contributed by atoms with E-state index >= 15 is 0 Å². The Hall–Kier alpha value is -3.80. The summed E-state index contributed by atoms with van der Waals surface area (Å²) in [5.41, 5.74) is 2.81. The van der Waals surface area contributed by atoms with Gasteiger partial charge in [0.15, 0.2) is 0 Å². The van der Waals surface area contributed by atoms with Gasteiger partial charge in [-0.15, -0.1) is 0 Å². The lowest BCUT2D eigenvalue weighted by molar-refractivity contribution is -0.141. The summed E-state index contributed by atoms with van der Waals surface area (Å²) in [5.74, 6) is 1.30. The number of methoxy groups -OCH3 is 2. The zero-order valence-corrected chi connectivity index (χ0v) is 20.7. The molecule has 0 aliphatic rings. The molecule has 0 aliphatic heterocycles. The molecule has 0 radical (unpaired) electrons. The van der Waals surface area contributed by atoms with Crippen LogP contribution in [0.1, 0.15) is 42.5 Å². The van der Waals surface area contributed by atoms with Crippen LogP contribution in [0.15, 0.2) is 78.9 Å². The highest BCUT2D eigenvalue weighted by atomic mass is 16.5. The highest BCUT2D eigenvalue weighted by Gasteiger charge is 2.31. The molecule has 0 aromatic heterocycles. The Morgan fingerprint density at radius 3 is 1.94 bits per heavy atom. The lowest BCUT2D eigenvalue weighted by Crippen LogP contribution is -2.43. The summed E-state index contributed by atoms with van der Waals surface area (Å²) in [5, 5.41) is 3.06. The molecule has 0 bridgehead atoms. The summed E-state index contributed by atoms with van der Waals surface area (Å²) in [6, 6.07) is 24.1. The number of carbonyl (C=O) groups excluding carboxylic acids is 2. The second kappa shape index (κ2) is 13.2. The van der Waals surface area contributed by atoms with E-state index in [0.29, 0.717) is 32.4 Å². The average molecular weight is 475 g/mol. The number of rotatable bonds is 12. The van der Waals surface area contributed by atoms with Crippen molar-refractivity contribution in [3.05, 3.63) is 95.6 Å². The molecule has 1 atom stereocenters. The Kier molecular flexibility index (Phi) is 9.72. The fourth-order valence-corrected chi connectivity index (χ4v) is 3.94. The number of ether oxygens (including phenoxy) is 2. The van der Waals surface area contributed by atoms with Crippen molar-refractivity contribution in [2.45, 2.75) is 38.8 Å². The highest BCUT2D eigenvalue weighted by Crippen LogP contribution is 2.25. The molecule has 3 rings (SSSR count). The maximum absolute atomic E-state index is 13.5. The maximum atomic E-state index is 13.5. The van der Waals surface area contributed by atoms with Gasteiger partial charge in [-0.05, 0) is 53.8 Å². The summed E-state index contributed by atoms with van der Waals surface area (Å²) < 4.78 is 10.5. The zero-order chi connectivity index (χ0) is 25.0. The molecule has 6 heteroatoms. The second-order valence-electron chi connectivity index (χ2n) is 8.32. The summed E-state index contributed by atoms with van der Waals surface area (Å²) >= 11 is 0. The lowest BCUT2D eigenvalue weighted by atomic mass is 10.0. The molecule has 0 saturated heterocycles. The fourth-order valence-electron chi connectivity index (χ4n) is 3.94. The molecule has 1 unspecified atom stereocenters. The Morgan fingerprint density at radius 2 is 1.40 bits per heavy atom. The molecule has 0 spiro atoms. The first kappa shape index (κ1) is 25.8. The van der Waals surface area contributed by atoms with Crippen LogP contribution in [0.3, 0.4) is 0 Å². The Labute approximate surface area is 207 Å². The maximum Gasteiger partial charge on any atom is 0.247 e. The largest absolute Gasteiger partial charge is 0.497 e. The molecule has 6 nitrogen and oxygen atoms in total. The first-order valence-corrected chi connectivity index (χ1v) is 11.9. The van der Waals surface area contributed by atoms with E-state index in [4.69, 9.17) is 9.47 Å². The van der Waals surface area contributed by atoms with E-state index in [1.807, 2.05) is 85.8 Å². The third-order valence-corrected chi connectivity index (χ3v) is 5.84. The van der Waals surface area contributed by atoms with E-state index in [-0.39, 0.29) is 11.8 Å². The van der Waals surface area contributed by atoms with Gasteiger partial charge in [0.1, 0.15) is 17.5 Å². The number of hydrogen-bond acceptors (Lipinski definition) is 4. The van der Waals surface area contributed by atoms with Gasteiger partial charge in [-0.2, -0.15) is 0 Å². The van der Waals surface area contributed by atoms with Crippen molar-refractivity contribution in [2.24, 2.45) is 0 Å². The third kappa shape index (κ3) is 7.34. The topological polar surface area (TPSA) is 67.9 Å². The Bertz CT molecular complexity index is 1070. The second-order valence-corrected chi connectivity index (χ2v) is 8.32. The first-order chi connectivity index (χ1) is 17.0. The summed E-state index contributed by atoms with van der Waals surface area (Å²) in [6.45, 7) is 2.76. The minimum absolute atomic E-state index is 0.0533. The van der Waals surface area contributed by atoms with Gasteiger partial charge in [0.05, 0.1) is 14.2 Å². The van der Waals surface area contributed by atoms with Gasteiger partial charge >= 0.3 is 0 Å². The van der Waals surface area contributed by atoms with Crippen LogP contribution in [-0.2, 0) is 22.6 Å². The van der Waals surface area contributed by atoms with Crippen LogP contribution in [0.25, 0.3) is 0 Å². The van der Waals surface area contributed by atoms with Crippen LogP contribution in [-0.4, -0.2) is 37.5 Å². The van der Waals surface area contributed by atoms with E-state index in [0.717, 1.165) is 28.2 Å². The van der Waals surface area contributed by atoms with E-state index in [1.54, 1.807) is 19.1 Å². The van der Waals surface area contributed by atoms with Crippen molar-refractivity contribution in [2.75, 3.05) is 20.8 Å². The molecule has 0 heterocycles. The smallest absolute Gasteiger partial charge is 0.247 e. The van der Waals surface area contributed by atoms with Crippen molar-refractivity contribution >= 4 is 11.8 Å². The number of nitrogens with zero attached hydrogens (tertiary/aromatic N) is 1. The summed E-state index contributed by atoms with van der Waals surface area (Å²) in [4.78, 5) is 28.5. The number of benzene rings is 3. The van der Waals surface area contributed by atoms with E-state index in [2.05, 4.69) is 5.32 Å². The minimum atomic E-state index is -0.729. The highest BCUT2D eigenvalue weighted by molar-refractivity contribution is 5.88. The van der Waals surface area contributed by atoms with Crippen molar-refractivity contribution in [3.63, 3.8) is 0 Å². The van der Waals surface area contributed by atoms with E-state index in [9.17, 15) is 9.59 Å². The van der Waals surface area contributed by atoms with Gasteiger partial charge in [-0.3, -0.25) is 9.59 Å². The molecule has 0 saturated carbocycles. The first-order valence-electron chi connectivity index (χ1n) is 11.9. The van der Waals surface area contributed by atoms with Crippen LogP contribution >= 0.6 is 0 Å². The number of carbonyl (C=O) groups is 2. The average Bonchev–Trinajstić information content (AvgIpc) is 2.90. The molecule has 3 aromatic carbocycles. The predicted octanol–water partition coefficient (Wildman–Crippen LogP) is 4.93. The minimum Gasteiger partial charge on any atom is -0.497 e. The Balaban J connectivity index is 1.81. The predicted molar refractivity (Wildman–Crippen MR) is 137 cm³/mol. The van der Waals surface area contributed by atoms with Crippen molar-refractivity contribution in [3.8, 4) is 11.5 Å². The fraction of sp³-hybridized carbons (Fsp3) is 0.310. The van der Waals surface area contributed by atoms with Crippen LogP contribution in [0, 0.1) is 0 Å². The number of amides is 2. The van der Waals surface area contributed by atoms with Crippen LogP contribution < -0.4 is 14.8 Å². The van der Waals surface area contributed by atoms with Gasteiger partial charge < -0.3 is 19.7 Å². The molecule has 1 N–H and O–H groups in total. The van der Waals surface area contributed by atoms with Crippen molar-refractivity contribution < 1.29 is 19.1 Å². The quantitative estimate of drug-likeness (QED) is 0.404. The summed E-state index contributed by atoms with van der Waals surface area (Å²) in [6.07, 6.45) is 1.76. The molecule has 2 amide bonds. The van der Waals surface area contributed by atoms with Gasteiger partial charge in [0.2, 0.25) is 11.8 Å². The lowest BCUT2D eigenvalue weighted by Gasteiger charge is -2.31. The third-order valence-electron chi connectivity index (χ3n) is 5.84. The molecule has 3 aromatic rings. The molecular weight excluding hydrogens is 440 g/mol. The summed E-state index contributed by atoms with van der Waals surface area (Å²) in [7, 11) is 3.25. The van der Waals surface area contributed by atoms with Gasteiger partial charge in [0, 0.05) is 19.5 Å². The standard InChI is InChI=1S/C29H34N2O4/c1-4-8-27(32)31(21-23-13-17-26(35-3)18-14-23)28(24-9-6-5-7-10-24)29(33)30-20-19-22-11-15-25(34-2)16-12-22/h5-7,9-18,28H,4,8,19-21H2,1-3H3,(H,30,33). The molecule has 0 aliphatic carbocycles. The van der Waals surface area contributed by atoms with E-state index < -0.39 is 6.04 Å². The number of nitrogens with one attached hydrogen (secondary N) is 1. The normalized spacial score (nSPS) is 11.4. The number of hydrogen-bond donors (Lipinski definition) is 1. The molecule has 0 fully saturated rings. The van der Waals surface area contributed by atoms with Crippen LogP contribution in [0.4, 0.5) is 0 Å². The molecular formula is C29H34N2O4. The molecule has 184 valence electrons. The Morgan fingerprint density at radius 1 is 0.829 bits per heavy atom.